The molecule has 1 aliphatic heterocycles. The van der Waals surface area contributed by atoms with Crippen LogP contribution in [0.4, 0.5) is 0 Å². The SMILES string of the molecule is COC(=O)C[C@H]1C(C)(C)[C@H](OC(=O)C(C)C)[C@@]2(O)C(=O)[C@]1(C)[C@H]1CC[C@@](C)([C@@H](OC(C)=O)c3ccoc3)[C@H]3CC(=O)O[C@H]2[C@]31OC(C)=O. The summed E-state index contributed by atoms with van der Waals surface area (Å²) in [6.45, 7) is 12.4. The molecule has 1 N–H and O–H groups in total. The summed E-state index contributed by atoms with van der Waals surface area (Å²) < 4.78 is 34.7. The Morgan fingerprint density at radius 1 is 1.04 bits per heavy atom. The van der Waals surface area contributed by atoms with E-state index in [1.54, 1.807) is 47.6 Å². The van der Waals surface area contributed by atoms with Crippen LogP contribution in [-0.2, 0) is 52.5 Å². The quantitative estimate of drug-likeness (QED) is 0.312. The molecular formula is C35H46O13. The van der Waals surface area contributed by atoms with E-state index in [4.69, 9.17) is 28.1 Å². The summed E-state index contributed by atoms with van der Waals surface area (Å²) in [6.07, 6.45) is -1.80. The first-order chi connectivity index (χ1) is 22.2. The zero-order valence-electron chi connectivity index (χ0n) is 28.9. The van der Waals surface area contributed by atoms with E-state index in [9.17, 15) is 29.1 Å². The Bertz CT molecular complexity index is 1510. The first kappa shape index (κ1) is 35.6. The monoisotopic (exact) mass is 674 g/mol. The molecule has 2 bridgehead atoms. The largest absolute Gasteiger partial charge is 0.472 e. The van der Waals surface area contributed by atoms with Crippen LogP contribution in [0.1, 0.15) is 92.7 Å². The van der Waals surface area contributed by atoms with E-state index in [-0.39, 0.29) is 25.7 Å². The van der Waals surface area contributed by atoms with Crippen LogP contribution >= 0.6 is 0 Å². The number of hydrogen-bond acceptors (Lipinski definition) is 13. The van der Waals surface area contributed by atoms with Crippen molar-refractivity contribution in [3.8, 4) is 0 Å². The first-order valence-corrected chi connectivity index (χ1v) is 16.4. The highest BCUT2D eigenvalue weighted by Crippen LogP contribution is 2.73. The number of rotatable bonds is 8. The van der Waals surface area contributed by atoms with Crippen LogP contribution in [0.15, 0.2) is 23.0 Å². The molecule has 0 amide bonds. The second kappa shape index (κ2) is 11.7. The second-order valence-electron chi connectivity index (χ2n) is 15.3. The lowest BCUT2D eigenvalue weighted by atomic mass is 9.34. The van der Waals surface area contributed by atoms with E-state index < -0.39 is 105 Å². The Hall–Kier alpha value is -3.74. The van der Waals surface area contributed by atoms with Crippen molar-refractivity contribution in [2.24, 2.45) is 39.9 Å². The number of Topliss-reactive ketones (excluding diaryl/α,β-unsaturated/α-hetero) is 1. The Kier molecular flexibility index (Phi) is 8.67. The minimum Gasteiger partial charge on any atom is -0.472 e. The molecule has 13 nitrogen and oxygen atoms in total. The Morgan fingerprint density at radius 2 is 1.71 bits per heavy atom. The molecule has 4 fully saturated rings. The molecule has 48 heavy (non-hydrogen) atoms. The minimum atomic E-state index is -2.72. The molecule has 3 aliphatic carbocycles. The Morgan fingerprint density at radius 3 is 2.25 bits per heavy atom. The molecule has 0 unspecified atom stereocenters. The lowest BCUT2D eigenvalue weighted by Gasteiger charge is -2.73. The molecule has 264 valence electrons. The molecule has 1 aromatic rings. The van der Waals surface area contributed by atoms with Gasteiger partial charge in [0.2, 0.25) is 5.60 Å². The number of hydrogen-bond donors (Lipinski definition) is 1. The number of ether oxygens (including phenoxy) is 5. The van der Waals surface area contributed by atoms with Gasteiger partial charge in [-0.3, -0.25) is 28.8 Å². The molecular weight excluding hydrogens is 628 g/mol. The van der Waals surface area contributed by atoms with Gasteiger partial charge in [-0.25, -0.2) is 0 Å². The van der Waals surface area contributed by atoms with Crippen molar-refractivity contribution in [3.05, 3.63) is 24.2 Å². The van der Waals surface area contributed by atoms with Gasteiger partial charge in [-0.2, -0.15) is 0 Å². The van der Waals surface area contributed by atoms with Gasteiger partial charge in [-0.1, -0.05) is 41.5 Å². The molecule has 3 saturated carbocycles. The molecule has 0 radical (unpaired) electrons. The predicted molar refractivity (Wildman–Crippen MR) is 163 cm³/mol. The number of methoxy groups -OCH3 is 1. The number of fused-ring (bicyclic) bond motifs is 4. The molecule has 13 heteroatoms. The van der Waals surface area contributed by atoms with Gasteiger partial charge in [-0.05, 0) is 24.8 Å². The summed E-state index contributed by atoms with van der Waals surface area (Å²) in [5.74, 6) is -7.82. The van der Waals surface area contributed by atoms with Crippen LogP contribution in [0.5, 0.6) is 0 Å². The summed E-state index contributed by atoms with van der Waals surface area (Å²) in [6, 6.07) is 1.63. The standard InChI is InChI=1S/C35H46O13/c1-17(2)27(40)47-29-31(5,6)22(14-24(38)43-9)33(8)21-10-12-32(7,26(45-18(3)36)20-11-13-44-16-20)23-15-25(39)46-30(34(29,42)28(33)41)35(21,23)48-19(4)37/h11,13,16-17,21-23,26,29-30,42H,10,12,14-15H2,1-9H3/t21-,22+,23-,26+,29+,30-,32-,33-,34+,35-/m1/s1. The molecule has 0 spiro atoms. The number of aliphatic hydroxyl groups is 1. The summed E-state index contributed by atoms with van der Waals surface area (Å²) in [5.41, 5.74) is -8.17. The maximum absolute atomic E-state index is 15.1. The third-order valence-corrected chi connectivity index (χ3v) is 11.9. The van der Waals surface area contributed by atoms with Crippen molar-refractivity contribution in [1.82, 2.24) is 0 Å². The molecule has 1 saturated heterocycles. The first-order valence-electron chi connectivity index (χ1n) is 16.4. The number of esters is 5. The highest BCUT2D eigenvalue weighted by molar-refractivity contribution is 5.99. The normalized spacial score (nSPS) is 38.6. The van der Waals surface area contributed by atoms with Gasteiger partial charge in [0.15, 0.2) is 17.5 Å². The highest BCUT2D eigenvalue weighted by atomic mass is 16.6. The van der Waals surface area contributed by atoms with Crippen LogP contribution in [0.25, 0.3) is 0 Å². The molecule has 10 atom stereocenters. The number of furan rings is 1. The van der Waals surface area contributed by atoms with Crippen LogP contribution in [-0.4, -0.2) is 71.3 Å². The van der Waals surface area contributed by atoms with E-state index in [2.05, 4.69) is 0 Å². The highest BCUT2D eigenvalue weighted by Gasteiger charge is 2.86. The molecule has 5 rings (SSSR count). The van der Waals surface area contributed by atoms with E-state index >= 15 is 4.79 Å². The summed E-state index contributed by atoms with van der Waals surface area (Å²) in [4.78, 5) is 81.0. The van der Waals surface area contributed by atoms with E-state index in [1.165, 1.54) is 33.5 Å². The van der Waals surface area contributed by atoms with Crippen LogP contribution < -0.4 is 0 Å². The fraction of sp³-hybridized carbons (Fsp3) is 0.714. The average molecular weight is 675 g/mol. The fourth-order valence-electron chi connectivity index (χ4n) is 10.1. The number of carbonyl (C=O) groups excluding carboxylic acids is 6. The van der Waals surface area contributed by atoms with Crippen LogP contribution in [0.2, 0.25) is 0 Å². The predicted octanol–water partition coefficient (Wildman–Crippen LogP) is 3.64. The lowest BCUT2D eigenvalue weighted by molar-refractivity contribution is -0.352. The van der Waals surface area contributed by atoms with E-state index in [0.717, 1.165) is 0 Å². The van der Waals surface area contributed by atoms with Crippen molar-refractivity contribution in [2.75, 3.05) is 7.11 Å². The summed E-state index contributed by atoms with van der Waals surface area (Å²) in [5, 5.41) is 13.0. The van der Waals surface area contributed by atoms with Crippen LogP contribution in [0, 0.1) is 39.9 Å². The zero-order valence-corrected chi connectivity index (χ0v) is 28.9. The minimum absolute atomic E-state index is 0.173. The topological polar surface area (TPSA) is 182 Å². The second-order valence-corrected chi connectivity index (χ2v) is 15.3. The number of carbonyl (C=O) groups is 6. The molecule has 1 aromatic heterocycles. The van der Waals surface area contributed by atoms with Crippen molar-refractivity contribution < 1.29 is 62.0 Å². The van der Waals surface area contributed by atoms with Gasteiger partial charge in [0, 0.05) is 53.9 Å². The van der Waals surface area contributed by atoms with Gasteiger partial charge in [-0.15, -0.1) is 0 Å². The number of ketones is 1. The maximum Gasteiger partial charge on any atom is 0.308 e. The van der Waals surface area contributed by atoms with E-state index in [0.29, 0.717) is 5.56 Å². The third kappa shape index (κ3) is 4.81. The summed E-state index contributed by atoms with van der Waals surface area (Å²) in [7, 11) is 1.22. The Labute approximate surface area is 279 Å². The van der Waals surface area contributed by atoms with Crippen LogP contribution in [0.3, 0.4) is 0 Å². The van der Waals surface area contributed by atoms with Crippen molar-refractivity contribution in [1.29, 1.82) is 0 Å². The van der Waals surface area contributed by atoms with Crippen molar-refractivity contribution in [3.63, 3.8) is 0 Å². The van der Waals surface area contributed by atoms with Gasteiger partial charge in [0.1, 0.15) is 12.2 Å². The van der Waals surface area contributed by atoms with Crippen molar-refractivity contribution >= 4 is 35.6 Å². The van der Waals surface area contributed by atoms with Gasteiger partial charge in [0.25, 0.3) is 0 Å². The molecule has 4 aliphatic rings. The third-order valence-electron chi connectivity index (χ3n) is 11.9. The van der Waals surface area contributed by atoms with Crippen molar-refractivity contribution in [2.45, 2.75) is 111 Å². The average Bonchev–Trinajstić information content (AvgIpc) is 3.53. The Balaban J connectivity index is 1.85. The van der Waals surface area contributed by atoms with Gasteiger partial charge < -0.3 is 33.2 Å². The zero-order chi connectivity index (χ0) is 35.8. The van der Waals surface area contributed by atoms with Gasteiger partial charge in [0.05, 0.1) is 32.0 Å². The lowest BCUT2D eigenvalue weighted by Crippen LogP contribution is -2.88. The molecule has 0 aromatic carbocycles. The molecule has 2 heterocycles. The fourth-order valence-corrected chi connectivity index (χ4v) is 10.1. The smallest absolute Gasteiger partial charge is 0.308 e. The van der Waals surface area contributed by atoms with E-state index in [1.807, 2.05) is 0 Å². The maximum atomic E-state index is 15.1. The van der Waals surface area contributed by atoms with Gasteiger partial charge >= 0.3 is 29.8 Å². The summed E-state index contributed by atoms with van der Waals surface area (Å²) >= 11 is 0.